The van der Waals surface area contributed by atoms with Gasteiger partial charge < -0.3 is 5.73 Å². The summed E-state index contributed by atoms with van der Waals surface area (Å²) in [5.41, 5.74) is 11.0. The zero-order valence-corrected chi connectivity index (χ0v) is 11.5. The van der Waals surface area contributed by atoms with Crippen LogP contribution in [0.1, 0.15) is 34.1 Å². The summed E-state index contributed by atoms with van der Waals surface area (Å²) in [7, 11) is 0. The molecule has 1 aromatic carbocycles. The summed E-state index contributed by atoms with van der Waals surface area (Å²) in [4.78, 5) is 0. The average molecular weight is 262 g/mol. The van der Waals surface area contributed by atoms with Gasteiger partial charge in [-0.15, -0.1) is 0 Å². The lowest BCUT2D eigenvalue weighted by Gasteiger charge is -2.15. The number of hydrogen-bond acceptors (Lipinski definition) is 3. The zero-order chi connectivity index (χ0) is 13.3. The molecule has 0 spiro atoms. The summed E-state index contributed by atoms with van der Waals surface area (Å²) in [6, 6.07) is 7.64. The van der Waals surface area contributed by atoms with Crippen molar-refractivity contribution in [2.24, 2.45) is 5.73 Å². The number of nitrogens with zero attached hydrogens (tertiary/aromatic N) is 2. The Bertz CT molecular complexity index is 581. The van der Waals surface area contributed by atoms with Gasteiger partial charge in [-0.3, -0.25) is 0 Å². The van der Waals surface area contributed by atoms with E-state index in [-0.39, 0.29) is 6.04 Å². The fourth-order valence-electron chi connectivity index (χ4n) is 1.87. The van der Waals surface area contributed by atoms with E-state index in [0.717, 1.165) is 33.1 Å². The number of aromatic nitrogens is 2. The zero-order valence-electron chi connectivity index (χ0n) is 10.7. The van der Waals surface area contributed by atoms with Crippen LogP contribution in [-0.4, -0.2) is 10.2 Å². The Hall–Kier alpha value is -1.45. The molecule has 0 fully saturated rings. The van der Waals surface area contributed by atoms with E-state index in [1.165, 1.54) is 0 Å². The number of nitrogens with two attached hydrogens (primary N) is 1. The molecule has 0 radical (unpaired) electrons. The third kappa shape index (κ3) is 2.52. The van der Waals surface area contributed by atoms with Crippen LogP contribution in [0, 0.1) is 20.8 Å². The summed E-state index contributed by atoms with van der Waals surface area (Å²) in [6.45, 7) is 5.79. The lowest BCUT2D eigenvalue weighted by molar-refractivity contribution is 0.813. The minimum atomic E-state index is -0.225. The Balaban J connectivity index is 2.44. The van der Waals surface area contributed by atoms with E-state index in [1.54, 1.807) is 0 Å². The molecule has 2 aromatic rings. The molecule has 0 saturated heterocycles. The molecule has 1 unspecified atom stereocenters. The number of aryl methyl sites for hydroxylation is 3. The van der Waals surface area contributed by atoms with Crippen molar-refractivity contribution in [2.75, 3.05) is 0 Å². The van der Waals surface area contributed by atoms with Crippen molar-refractivity contribution < 1.29 is 0 Å². The van der Waals surface area contributed by atoms with Crippen LogP contribution < -0.4 is 5.73 Å². The van der Waals surface area contributed by atoms with Gasteiger partial charge in [0.05, 0.1) is 17.4 Å². The first kappa shape index (κ1) is 13.0. The first-order chi connectivity index (χ1) is 8.49. The second-order valence-corrected chi connectivity index (χ2v) is 4.92. The fourth-order valence-corrected chi connectivity index (χ4v) is 2.06. The Kier molecular flexibility index (Phi) is 3.64. The molecule has 0 aliphatic rings. The maximum atomic E-state index is 6.28. The highest BCUT2D eigenvalue weighted by atomic mass is 35.5. The average Bonchev–Trinajstić information content (AvgIpc) is 2.35. The SMILES string of the molecule is Cc1cc(C(N)c2ccc(C)c(Cl)c2)c(C)nn1. The van der Waals surface area contributed by atoms with E-state index in [1.807, 2.05) is 45.0 Å². The van der Waals surface area contributed by atoms with Crippen LogP contribution in [0.3, 0.4) is 0 Å². The molecular weight excluding hydrogens is 246 g/mol. The molecule has 0 amide bonds. The van der Waals surface area contributed by atoms with Gasteiger partial charge in [-0.2, -0.15) is 10.2 Å². The monoisotopic (exact) mass is 261 g/mol. The van der Waals surface area contributed by atoms with Crippen molar-refractivity contribution >= 4 is 11.6 Å². The van der Waals surface area contributed by atoms with Crippen LogP contribution in [0.2, 0.25) is 5.02 Å². The smallest absolute Gasteiger partial charge is 0.0651 e. The first-order valence-electron chi connectivity index (χ1n) is 5.81. The van der Waals surface area contributed by atoms with E-state index >= 15 is 0 Å². The molecule has 2 N–H and O–H groups in total. The van der Waals surface area contributed by atoms with Crippen molar-refractivity contribution in [1.82, 2.24) is 10.2 Å². The normalized spacial score (nSPS) is 12.5. The largest absolute Gasteiger partial charge is 0.320 e. The predicted octanol–water partition coefficient (Wildman–Crippen LogP) is 3.10. The molecule has 1 aromatic heterocycles. The molecule has 4 heteroatoms. The summed E-state index contributed by atoms with van der Waals surface area (Å²) in [5.74, 6) is 0. The van der Waals surface area contributed by atoms with Gasteiger partial charge >= 0.3 is 0 Å². The minimum absolute atomic E-state index is 0.225. The highest BCUT2D eigenvalue weighted by Gasteiger charge is 2.14. The minimum Gasteiger partial charge on any atom is -0.320 e. The van der Waals surface area contributed by atoms with Gasteiger partial charge in [0.15, 0.2) is 0 Å². The van der Waals surface area contributed by atoms with E-state index in [9.17, 15) is 0 Å². The standard InChI is InChI=1S/C14H16ClN3/c1-8-4-5-11(7-13(8)15)14(16)12-6-9(2)17-18-10(12)3/h4-7,14H,16H2,1-3H3. The Labute approximate surface area is 112 Å². The van der Waals surface area contributed by atoms with E-state index < -0.39 is 0 Å². The van der Waals surface area contributed by atoms with Crippen molar-refractivity contribution in [3.63, 3.8) is 0 Å². The Morgan fingerprint density at radius 1 is 1.11 bits per heavy atom. The molecule has 3 nitrogen and oxygen atoms in total. The molecule has 0 bridgehead atoms. The van der Waals surface area contributed by atoms with Crippen molar-refractivity contribution in [3.8, 4) is 0 Å². The molecule has 18 heavy (non-hydrogen) atoms. The lowest BCUT2D eigenvalue weighted by Crippen LogP contribution is -2.15. The molecule has 0 aliphatic heterocycles. The third-order valence-corrected chi connectivity index (χ3v) is 3.44. The second-order valence-electron chi connectivity index (χ2n) is 4.51. The molecule has 2 rings (SSSR count). The third-order valence-electron chi connectivity index (χ3n) is 3.03. The van der Waals surface area contributed by atoms with Crippen molar-refractivity contribution in [2.45, 2.75) is 26.8 Å². The van der Waals surface area contributed by atoms with E-state index in [0.29, 0.717) is 0 Å². The van der Waals surface area contributed by atoms with E-state index in [2.05, 4.69) is 10.2 Å². The maximum Gasteiger partial charge on any atom is 0.0651 e. The van der Waals surface area contributed by atoms with E-state index in [4.69, 9.17) is 17.3 Å². The van der Waals surface area contributed by atoms with Crippen LogP contribution in [0.4, 0.5) is 0 Å². The summed E-state index contributed by atoms with van der Waals surface area (Å²) >= 11 is 6.13. The van der Waals surface area contributed by atoms with Crippen LogP contribution in [-0.2, 0) is 0 Å². The van der Waals surface area contributed by atoms with Crippen molar-refractivity contribution in [1.29, 1.82) is 0 Å². The van der Waals surface area contributed by atoms with Crippen molar-refractivity contribution in [3.05, 3.63) is 57.4 Å². The van der Waals surface area contributed by atoms with Gasteiger partial charge in [0.1, 0.15) is 0 Å². The Morgan fingerprint density at radius 3 is 2.50 bits per heavy atom. The number of benzene rings is 1. The predicted molar refractivity (Wildman–Crippen MR) is 73.7 cm³/mol. The topological polar surface area (TPSA) is 51.8 Å². The van der Waals surface area contributed by atoms with Gasteiger partial charge in [-0.1, -0.05) is 23.7 Å². The second kappa shape index (κ2) is 5.04. The molecule has 0 aliphatic carbocycles. The van der Waals surface area contributed by atoms with Gasteiger partial charge in [-0.05, 0) is 49.6 Å². The summed E-state index contributed by atoms with van der Waals surface area (Å²) in [5, 5.41) is 8.85. The van der Waals surface area contributed by atoms with Crippen LogP contribution >= 0.6 is 11.6 Å². The molecular formula is C14H16ClN3. The Morgan fingerprint density at radius 2 is 1.83 bits per heavy atom. The molecule has 1 heterocycles. The highest BCUT2D eigenvalue weighted by Crippen LogP contribution is 2.25. The first-order valence-corrected chi connectivity index (χ1v) is 6.19. The lowest BCUT2D eigenvalue weighted by atomic mass is 9.97. The maximum absolute atomic E-state index is 6.28. The molecule has 94 valence electrons. The number of rotatable bonds is 2. The summed E-state index contributed by atoms with van der Waals surface area (Å²) < 4.78 is 0. The summed E-state index contributed by atoms with van der Waals surface area (Å²) in [6.07, 6.45) is 0. The molecule has 0 saturated carbocycles. The van der Waals surface area contributed by atoms with Crippen LogP contribution in [0.25, 0.3) is 0 Å². The molecule has 1 atom stereocenters. The quantitative estimate of drug-likeness (QED) is 0.904. The highest BCUT2D eigenvalue weighted by molar-refractivity contribution is 6.31. The van der Waals surface area contributed by atoms with Gasteiger partial charge in [-0.25, -0.2) is 0 Å². The van der Waals surface area contributed by atoms with Crippen LogP contribution in [0.5, 0.6) is 0 Å². The van der Waals surface area contributed by atoms with Gasteiger partial charge in [0, 0.05) is 5.02 Å². The van der Waals surface area contributed by atoms with Gasteiger partial charge in [0.25, 0.3) is 0 Å². The number of hydrogen-bond donors (Lipinski definition) is 1. The number of halogens is 1. The fraction of sp³-hybridized carbons (Fsp3) is 0.286. The van der Waals surface area contributed by atoms with Gasteiger partial charge in [0.2, 0.25) is 0 Å². The van der Waals surface area contributed by atoms with Crippen LogP contribution in [0.15, 0.2) is 24.3 Å².